The predicted molar refractivity (Wildman–Crippen MR) is 129 cm³/mol. The minimum absolute atomic E-state index is 0.107. The van der Waals surface area contributed by atoms with Crippen LogP contribution in [0.15, 0.2) is 47.4 Å². The molecule has 1 aliphatic rings. The van der Waals surface area contributed by atoms with Crippen LogP contribution >= 0.6 is 24.0 Å². The fraction of sp³-hybridized carbons (Fsp3) is 0.333. The highest BCUT2D eigenvalue weighted by molar-refractivity contribution is 8.27. The summed E-state index contributed by atoms with van der Waals surface area (Å²) in [6.45, 7) is 4.88. The molecule has 0 spiro atoms. The van der Waals surface area contributed by atoms with E-state index in [1.165, 1.54) is 31.0 Å². The van der Waals surface area contributed by atoms with Crippen LogP contribution in [-0.2, 0) is 4.79 Å². The second-order valence-electron chi connectivity index (χ2n) is 7.17. The number of aryl methyl sites for hydroxylation is 1. The lowest BCUT2D eigenvalue weighted by Crippen LogP contribution is -2.27. The van der Waals surface area contributed by atoms with E-state index in [0.29, 0.717) is 21.6 Å². The molecule has 3 rings (SSSR count). The standard InChI is InChI=1S/C24H27NO3S2/c1-4-5-6-7-14-28-20-13-10-18(15-21(20)27-3)16-22-23(26)25(24(29)30-22)19-11-8-17(2)9-12-19/h8-13,15-16H,4-7,14H2,1-3H3/b22-16-. The van der Waals surface area contributed by atoms with E-state index < -0.39 is 0 Å². The Balaban J connectivity index is 1.73. The van der Waals surface area contributed by atoms with Crippen molar-refractivity contribution in [1.82, 2.24) is 0 Å². The molecule has 1 heterocycles. The van der Waals surface area contributed by atoms with Crippen LogP contribution in [0.1, 0.15) is 43.7 Å². The number of methoxy groups -OCH3 is 1. The fourth-order valence-electron chi connectivity index (χ4n) is 3.14. The van der Waals surface area contributed by atoms with Gasteiger partial charge >= 0.3 is 0 Å². The van der Waals surface area contributed by atoms with Crippen LogP contribution in [-0.4, -0.2) is 23.9 Å². The number of carbonyl (C=O) groups is 1. The van der Waals surface area contributed by atoms with Gasteiger partial charge in [0.05, 0.1) is 24.3 Å². The Morgan fingerprint density at radius 1 is 1.07 bits per heavy atom. The molecule has 1 aliphatic heterocycles. The molecule has 1 fully saturated rings. The Labute approximate surface area is 188 Å². The number of nitrogens with zero attached hydrogens (tertiary/aromatic N) is 1. The quantitative estimate of drug-likeness (QED) is 0.257. The summed E-state index contributed by atoms with van der Waals surface area (Å²) in [6.07, 6.45) is 6.47. The van der Waals surface area contributed by atoms with Gasteiger partial charge in [0, 0.05) is 0 Å². The smallest absolute Gasteiger partial charge is 0.270 e. The van der Waals surface area contributed by atoms with Gasteiger partial charge in [-0.3, -0.25) is 9.69 Å². The van der Waals surface area contributed by atoms with E-state index in [2.05, 4.69) is 6.92 Å². The maximum Gasteiger partial charge on any atom is 0.270 e. The Bertz CT molecular complexity index is 938. The molecule has 0 N–H and O–H groups in total. The van der Waals surface area contributed by atoms with E-state index in [-0.39, 0.29) is 5.91 Å². The largest absolute Gasteiger partial charge is 0.493 e. The van der Waals surface area contributed by atoms with Gasteiger partial charge in [-0.25, -0.2) is 0 Å². The van der Waals surface area contributed by atoms with Crippen LogP contribution in [0.25, 0.3) is 6.08 Å². The first-order valence-electron chi connectivity index (χ1n) is 10.2. The monoisotopic (exact) mass is 441 g/mol. The Hall–Kier alpha value is -2.31. The van der Waals surface area contributed by atoms with Crippen LogP contribution in [0, 0.1) is 6.92 Å². The number of benzene rings is 2. The van der Waals surface area contributed by atoms with Gasteiger partial charge in [0.25, 0.3) is 5.91 Å². The number of thiocarbonyl (C=S) groups is 1. The van der Waals surface area contributed by atoms with E-state index in [1.807, 2.05) is 55.5 Å². The SMILES string of the molecule is CCCCCCOc1ccc(/C=C2\SC(=S)N(c3ccc(C)cc3)C2=O)cc1OC. The normalized spacial score (nSPS) is 15.2. The average Bonchev–Trinajstić information content (AvgIpc) is 3.02. The number of thioether (sulfide) groups is 1. The van der Waals surface area contributed by atoms with E-state index in [9.17, 15) is 4.79 Å². The number of carbonyl (C=O) groups excluding carboxylic acids is 1. The van der Waals surface area contributed by atoms with Gasteiger partial charge in [-0.1, -0.05) is 73.9 Å². The molecule has 0 atom stereocenters. The van der Waals surface area contributed by atoms with Gasteiger partial charge in [0.15, 0.2) is 15.8 Å². The summed E-state index contributed by atoms with van der Waals surface area (Å²) in [5.41, 5.74) is 2.80. The molecule has 6 heteroatoms. The Kier molecular flexibility index (Phi) is 7.94. The molecule has 0 unspecified atom stereocenters. The lowest BCUT2D eigenvalue weighted by molar-refractivity contribution is -0.113. The minimum atomic E-state index is -0.107. The molecule has 0 aliphatic carbocycles. The Morgan fingerprint density at radius 3 is 2.53 bits per heavy atom. The summed E-state index contributed by atoms with van der Waals surface area (Å²) in [5.74, 6) is 1.27. The topological polar surface area (TPSA) is 38.8 Å². The Morgan fingerprint density at radius 2 is 1.83 bits per heavy atom. The van der Waals surface area contributed by atoms with Crippen molar-refractivity contribution in [2.45, 2.75) is 39.5 Å². The summed E-state index contributed by atoms with van der Waals surface area (Å²) < 4.78 is 11.9. The highest BCUT2D eigenvalue weighted by atomic mass is 32.2. The van der Waals surface area contributed by atoms with E-state index in [0.717, 1.165) is 29.0 Å². The second kappa shape index (κ2) is 10.6. The summed E-state index contributed by atoms with van der Waals surface area (Å²) in [7, 11) is 1.62. The first-order chi connectivity index (χ1) is 14.5. The van der Waals surface area contributed by atoms with Crippen molar-refractivity contribution in [2.24, 2.45) is 0 Å². The zero-order chi connectivity index (χ0) is 21.5. The number of amides is 1. The molecule has 2 aromatic carbocycles. The van der Waals surface area contributed by atoms with Crippen molar-refractivity contribution in [2.75, 3.05) is 18.6 Å². The lowest BCUT2D eigenvalue weighted by atomic mass is 10.1. The maximum atomic E-state index is 12.9. The zero-order valence-corrected chi connectivity index (χ0v) is 19.3. The second-order valence-corrected chi connectivity index (χ2v) is 8.85. The number of anilines is 1. The summed E-state index contributed by atoms with van der Waals surface area (Å²) in [6, 6.07) is 13.5. The number of ether oxygens (including phenoxy) is 2. The van der Waals surface area contributed by atoms with Crippen molar-refractivity contribution in [1.29, 1.82) is 0 Å². The first kappa shape index (κ1) is 22.4. The summed E-state index contributed by atoms with van der Waals surface area (Å²) in [5, 5.41) is 0. The van der Waals surface area contributed by atoms with Gasteiger partial charge in [-0.05, 0) is 49.2 Å². The number of hydrogen-bond acceptors (Lipinski definition) is 5. The average molecular weight is 442 g/mol. The van der Waals surface area contributed by atoms with Crippen molar-refractivity contribution in [3.8, 4) is 11.5 Å². The van der Waals surface area contributed by atoms with Crippen LogP contribution < -0.4 is 14.4 Å². The molecule has 0 saturated carbocycles. The van der Waals surface area contributed by atoms with E-state index in [1.54, 1.807) is 12.0 Å². The summed E-state index contributed by atoms with van der Waals surface area (Å²) >= 11 is 6.77. The van der Waals surface area contributed by atoms with Crippen LogP contribution in [0.2, 0.25) is 0 Å². The van der Waals surface area contributed by atoms with E-state index in [4.69, 9.17) is 21.7 Å². The zero-order valence-electron chi connectivity index (χ0n) is 17.6. The van der Waals surface area contributed by atoms with Gasteiger partial charge in [-0.15, -0.1) is 0 Å². The van der Waals surface area contributed by atoms with Crippen molar-refractivity contribution < 1.29 is 14.3 Å². The predicted octanol–water partition coefficient (Wildman–Crippen LogP) is 6.37. The highest BCUT2D eigenvalue weighted by Crippen LogP contribution is 2.37. The third kappa shape index (κ3) is 5.43. The molecule has 30 heavy (non-hydrogen) atoms. The lowest BCUT2D eigenvalue weighted by Gasteiger charge is -2.14. The number of rotatable bonds is 9. The maximum absolute atomic E-state index is 12.9. The van der Waals surface area contributed by atoms with Gasteiger partial charge < -0.3 is 9.47 Å². The molecular formula is C24H27NO3S2. The van der Waals surface area contributed by atoms with E-state index >= 15 is 0 Å². The molecular weight excluding hydrogens is 414 g/mol. The number of hydrogen-bond donors (Lipinski definition) is 0. The molecule has 0 aromatic heterocycles. The fourth-order valence-corrected chi connectivity index (χ4v) is 4.44. The van der Waals surface area contributed by atoms with Crippen LogP contribution in [0.3, 0.4) is 0 Å². The van der Waals surface area contributed by atoms with Crippen LogP contribution in [0.4, 0.5) is 5.69 Å². The van der Waals surface area contributed by atoms with Gasteiger partial charge in [-0.2, -0.15) is 0 Å². The van der Waals surface area contributed by atoms with Gasteiger partial charge in [0.2, 0.25) is 0 Å². The van der Waals surface area contributed by atoms with Crippen molar-refractivity contribution in [3.05, 3.63) is 58.5 Å². The molecule has 0 bridgehead atoms. The number of unbranched alkanes of at least 4 members (excludes halogenated alkanes) is 3. The molecule has 4 nitrogen and oxygen atoms in total. The third-order valence-electron chi connectivity index (χ3n) is 4.83. The third-order valence-corrected chi connectivity index (χ3v) is 6.13. The highest BCUT2D eigenvalue weighted by Gasteiger charge is 2.33. The van der Waals surface area contributed by atoms with Crippen LogP contribution in [0.5, 0.6) is 11.5 Å². The van der Waals surface area contributed by atoms with Gasteiger partial charge in [0.1, 0.15) is 0 Å². The molecule has 0 radical (unpaired) electrons. The summed E-state index contributed by atoms with van der Waals surface area (Å²) in [4.78, 5) is 15.1. The molecule has 1 saturated heterocycles. The van der Waals surface area contributed by atoms with Crippen molar-refractivity contribution >= 4 is 46.0 Å². The first-order valence-corrected chi connectivity index (χ1v) is 11.4. The molecule has 1 amide bonds. The van der Waals surface area contributed by atoms with Crippen molar-refractivity contribution in [3.63, 3.8) is 0 Å². The minimum Gasteiger partial charge on any atom is -0.493 e. The molecule has 158 valence electrons. The molecule has 2 aromatic rings.